The van der Waals surface area contributed by atoms with Crippen molar-refractivity contribution in [3.05, 3.63) is 65.9 Å². The van der Waals surface area contributed by atoms with Gasteiger partial charge in [-0.1, -0.05) is 44.2 Å². The number of aromatic amines is 1. The first-order valence-corrected chi connectivity index (χ1v) is 14.4. The van der Waals surface area contributed by atoms with Gasteiger partial charge in [0, 0.05) is 29.9 Å². The van der Waals surface area contributed by atoms with Gasteiger partial charge >= 0.3 is 5.97 Å². The number of nitrogens with two attached hydrogens (primary N) is 2. The number of fused-ring (bicyclic) bond motifs is 1. The predicted octanol–water partition coefficient (Wildman–Crippen LogP) is 1.31. The molecule has 1 aromatic heterocycles. The van der Waals surface area contributed by atoms with Crippen molar-refractivity contribution in [3.63, 3.8) is 0 Å². The largest absolute Gasteiger partial charge is 0.508 e. The number of aromatic nitrogens is 1. The number of aromatic hydroxyl groups is 1. The second-order valence-corrected chi connectivity index (χ2v) is 11.0. The molecule has 3 aromatic rings. The Labute approximate surface area is 250 Å². The van der Waals surface area contributed by atoms with Gasteiger partial charge in [0.05, 0.1) is 6.04 Å². The molecule has 12 nitrogen and oxygen atoms in total. The summed E-state index contributed by atoms with van der Waals surface area (Å²) in [4.78, 5) is 55.2. The Bertz CT molecular complexity index is 1390. The molecule has 0 saturated heterocycles. The van der Waals surface area contributed by atoms with E-state index in [1.807, 2.05) is 24.3 Å². The van der Waals surface area contributed by atoms with Crippen molar-refractivity contribution in [2.75, 3.05) is 6.54 Å². The number of aliphatic carboxylic acids is 1. The standard InChI is InChI=1S/C31H42N6O6/c1-18(2)27(33)30(41)35-24(9-5-6-14-32)28(39)36-25(15-19-10-12-21(38)13-11-19)29(40)37-26(31(42)43)16-20-17-34-23-8-4-3-7-22(20)23/h3-4,7-8,10-13,17-18,24-27,34,38H,5-6,9,14-16,32-33H2,1-2H3,(H,35,41)(H,36,39)(H,37,40)(H,42,43). The summed E-state index contributed by atoms with van der Waals surface area (Å²) in [5.74, 6) is -3.17. The smallest absolute Gasteiger partial charge is 0.326 e. The van der Waals surface area contributed by atoms with Crippen molar-refractivity contribution >= 4 is 34.6 Å². The van der Waals surface area contributed by atoms with Gasteiger partial charge in [0.25, 0.3) is 0 Å². The van der Waals surface area contributed by atoms with Crippen LogP contribution in [-0.2, 0) is 32.0 Å². The monoisotopic (exact) mass is 594 g/mol. The summed E-state index contributed by atoms with van der Waals surface area (Å²) in [6.07, 6.45) is 3.17. The van der Waals surface area contributed by atoms with Crippen LogP contribution in [0.25, 0.3) is 10.9 Å². The minimum absolute atomic E-state index is 0.00620. The number of amides is 3. The van der Waals surface area contributed by atoms with Crippen LogP contribution < -0.4 is 27.4 Å². The SMILES string of the molecule is CC(C)C(N)C(=O)NC(CCCCN)C(=O)NC(Cc1ccc(O)cc1)C(=O)NC(Cc1c[nH]c2ccccc12)C(=O)O. The summed E-state index contributed by atoms with van der Waals surface area (Å²) in [5, 5.41) is 28.5. The Morgan fingerprint density at radius 1 is 0.837 bits per heavy atom. The number of phenolic OH excluding ortho intramolecular Hbond substituents is 1. The number of carboxylic acids is 1. The van der Waals surface area contributed by atoms with Crippen LogP contribution in [0.15, 0.2) is 54.7 Å². The number of phenols is 1. The summed E-state index contributed by atoms with van der Waals surface area (Å²) < 4.78 is 0. The number of carbonyl (C=O) groups is 4. The van der Waals surface area contributed by atoms with Crippen LogP contribution in [0.4, 0.5) is 0 Å². The third kappa shape index (κ3) is 9.55. The summed E-state index contributed by atoms with van der Waals surface area (Å²) >= 11 is 0. The Morgan fingerprint density at radius 3 is 2.12 bits per heavy atom. The van der Waals surface area contributed by atoms with Crippen molar-refractivity contribution in [1.29, 1.82) is 0 Å². The van der Waals surface area contributed by atoms with Gasteiger partial charge in [-0.25, -0.2) is 4.79 Å². The van der Waals surface area contributed by atoms with Crippen LogP contribution in [0.1, 0.15) is 44.2 Å². The Balaban J connectivity index is 1.83. The third-order valence-corrected chi connectivity index (χ3v) is 7.32. The van der Waals surface area contributed by atoms with Crippen LogP contribution in [-0.4, -0.2) is 69.6 Å². The molecular weight excluding hydrogens is 552 g/mol. The van der Waals surface area contributed by atoms with E-state index in [-0.39, 0.29) is 30.9 Å². The van der Waals surface area contributed by atoms with Gasteiger partial charge < -0.3 is 42.6 Å². The van der Waals surface area contributed by atoms with E-state index in [2.05, 4.69) is 20.9 Å². The molecule has 3 amide bonds. The Hall–Kier alpha value is -4.42. The number of H-pyrrole nitrogens is 1. The lowest BCUT2D eigenvalue weighted by atomic mass is 10.0. The topological polar surface area (TPSA) is 213 Å². The fourth-order valence-corrected chi connectivity index (χ4v) is 4.67. The van der Waals surface area contributed by atoms with Gasteiger partial charge in [0.2, 0.25) is 17.7 Å². The van der Waals surface area contributed by atoms with Crippen molar-refractivity contribution in [3.8, 4) is 5.75 Å². The number of hydrogen-bond acceptors (Lipinski definition) is 7. The second-order valence-electron chi connectivity index (χ2n) is 11.0. The summed E-state index contributed by atoms with van der Waals surface area (Å²) in [6, 6.07) is 9.25. The lowest BCUT2D eigenvalue weighted by Crippen LogP contribution is -2.58. The zero-order valence-electron chi connectivity index (χ0n) is 24.5. The van der Waals surface area contributed by atoms with E-state index in [0.717, 1.165) is 10.9 Å². The summed E-state index contributed by atoms with van der Waals surface area (Å²) in [6.45, 7) is 3.99. The molecule has 0 saturated carbocycles. The van der Waals surface area contributed by atoms with E-state index in [1.54, 1.807) is 32.2 Å². The van der Waals surface area contributed by atoms with Crippen LogP contribution >= 0.6 is 0 Å². The van der Waals surface area contributed by atoms with Crippen molar-refractivity contribution in [2.45, 2.75) is 70.1 Å². The average Bonchev–Trinajstić information content (AvgIpc) is 3.39. The molecule has 0 spiro atoms. The molecule has 0 aliphatic heterocycles. The number of para-hydroxylation sites is 1. The van der Waals surface area contributed by atoms with Gasteiger partial charge in [-0.3, -0.25) is 14.4 Å². The van der Waals surface area contributed by atoms with Crippen molar-refractivity contribution < 1.29 is 29.4 Å². The van der Waals surface area contributed by atoms with E-state index in [1.165, 1.54) is 12.1 Å². The molecule has 0 bridgehead atoms. The number of carboxylic acid groups (broad SMARTS) is 1. The Morgan fingerprint density at radius 2 is 1.47 bits per heavy atom. The zero-order valence-corrected chi connectivity index (χ0v) is 24.5. The first-order valence-electron chi connectivity index (χ1n) is 14.4. The molecule has 232 valence electrons. The minimum Gasteiger partial charge on any atom is -0.508 e. The molecule has 43 heavy (non-hydrogen) atoms. The Kier molecular flexibility index (Phi) is 12.1. The normalized spacial score (nSPS) is 14.1. The van der Waals surface area contributed by atoms with Crippen LogP contribution in [0.5, 0.6) is 5.75 Å². The number of hydrogen-bond donors (Lipinski definition) is 8. The number of benzene rings is 2. The van der Waals surface area contributed by atoms with Gasteiger partial charge in [0.1, 0.15) is 23.9 Å². The first kappa shape index (κ1) is 33.1. The highest BCUT2D eigenvalue weighted by molar-refractivity contribution is 5.94. The number of unbranched alkanes of at least 4 members (excludes halogenated alkanes) is 1. The maximum atomic E-state index is 13.6. The molecule has 4 unspecified atom stereocenters. The van der Waals surface area contributed by atoms with Crippen LogP contribution in [0, 0.1) is 5.92 Å². The lowest BCUT2D eigenvalue weighted by molar-refractivity contribution is -0.142. The average molecular weight is 595 g/mol. The van der Waals surface area contributed by atoms with Crippen LogP contribution in [0.2, 0.25) is 0 Å². The van der Waals surface area contributed by atoms with E-state index in [0.29, 0.717) is 30.5 Å². The van der Waals surface area contributed by atoms with Gasteiger partial charge in [-0.15, -0.1) is 0 Å². The predicted molar refractivity (Wildman–Crippen MR) is 163 cm³/mol. The molecule has 0 fully saturated rings. The lowest BCUT2D eigenvalue weighted by Gasteiger charge is -2.26. The number of rotatable bonds is 16. The molecule has 10 N–H and O–H groups in total. The number of carbonyl (C=O) groups excluding carboxylic acids is 3. The summed E-state index contributed by atoms with van der Waals surface area (Å²) in [7, 11) is 0. The zero-order chi connectivity index (χ0) is 31.5. The second kappa shape index (κ2) is 15.7. The van der Waals surface area contributed by atoms with E-state index >= 15 is 0 Å². The molecule has 12 heteroatoms. The first-order chi connectivity index (χ1) is 20.5. The molecule has 0 aliphatic carbocycles. The molecule has 0 aliphatic rings. The number of nitrogens with one attached hydrogen (secondary N) is 4. The van der Waals surface area contributed by atoms with E-state index in [9.17, 15) is 29.4 Å². The third-order valence-electron chi connectivity index (χ3n) is 7.32. The van der Waals surface area contributed by atoms with Gasteiger partial charge in [-0.2, -0.15) is 0 Å². The summed E-state index contributed by atoms with van der Waals surface area (Å²) in [5.41, 5.74) is 13.8. The molecule has 0 radical (unpaired) electrons. The molecule has 3 rings (SSSR count). The van der Waals surface area contributed by atoms with Gasteiger partial charge in [0.15, 0.2) is 0 Å². The van der Waals surface area contributed by atoms with Crippen molar-refractivity contribution in [2.24, 2.45) is 17.4 Å². The molecule has 1 heterocycles. The molecule has 2 aromatic carbocycles. The highest BCUT2D eigenvalue weighted by Crippen LogP contribution is 2.19. The fraction of sp³-hybridized carbons (Fsp3) is 0.419. The maximum absolute atomic E-state index is 13.6. The quantitative estimate of drug-likeness (QED) is 0.113. The molecular formula is C31H42N6O6. The van der Waals surface area contributed by atoms with Crippen molar-refractivity contribution in [1.82, 2.24) is 20.9 Å². The highest BCUT2D eigenvalue weighted by Gasteiger charge is 2.31. The van der Waals surface area contributed by atoms with E-state index in [4.69, 9.17) is 11.5 Å². The van der Waals surface area contributed by atoms with Gasteiger partial charge in [-0.05, 0) is 61.1 Å². The molecule has 4 atom stereocenters. The van der Waals surface area contributed by atoms with Crippen LogP contribution in [0.3, 0.4) is 0 Å². The highest BCUT2D eigenvalue weighted by atomic mass is 16.4. The fourth-order valence-electron chi connectivity index (χ4n) is 4.67. The van der Waals surface area contributed by atoms with E-state index < -0.39 is 47.9 Å². The maximum Gasteiger partial charge on any atom is 0.326 e. The minimum atomic E-state index is -1.28.